The second-order valence-electron chi connectivity index (χ2n) is 4.84. The maximum Gasteiger partial charge on any atom is 0.289 e. The molecule has 2 rings (SSSR count). The van der Waals surface area contributed by atoms with Crippen LogP contribution in [0.25, 0.3) is 0 Å². The predicted molar refractivity (Wildman–Crippen MR) is 72.0 cm³/mol. The van der Waals surface area contributed by atoms with Crippen molar-refractivity contribution in [1.29, 1.82) is 0 Å². The van der Waals surface area contributed by atoms with E-state index < -0.39 is 0 Å². The molecule has 1 fully saturated rings. The second-order valence-corrected chi connectivity index (χ2v) is 4.84. The molecule has 0 saturated carbocycles. The zero-order chi connectivity index (χ0) is 13.7. The summed E-state index contributed by atoms with van der Waals surface area (Å²) in [7, 11) is 1.61. The van der Waals surface area contributed by atoms with Crippen LogP contribution in [0.3, 0.4) is 0 Å². The van der Waals surface area contributed by atoms with Crippen LogP contribution in [0.5, 0.6) is 0 Å². The topological polar surface area (TPSA) is 54.7 Å². The number of carbonyl (C=O) groups excluding carboxylic acids is 1. The third-order valence-corrected chi connectivity index (χ3v) is 3.36. The summed E-state index contributed by atoms with van der Waals surface area (Å²) < 4.78 is 10.5. The normalized spacial score (nSPS) is 18.7. The lowest BCUT2D eigenvalue weighted by Crippen LogP contribution is -2.41. The third kappa shape index (κ3) is 3.36. The number of hydrogen-bond donors (Lipinski definition) is 1. The van der Waals surface area contributed by atoms with Crippen molar-refractivity contribution >= 4 is 5.91 Å². The first-order chi connectivity index (χ1) is 9.26. The highest BCUT2D eigenvalue weighted by atomic mass is 16.5. The molecule has 5 nitrogen and oxygen atoms in total. The van der Waals surface area contributed by atoms with Crippen LogP contribution >= 0.6 is 0 Å². The fourth-order valence-corrected chi connectivity index (χ4v) is 2.45. The summed E-state index contributed by atoms with van der Waals surface area (Å²) in [5, 5.41) is 3.30. The first-order valence-electron chi connectivity index (χ1n) is 6.85. The molecule has 106 valence electrons. The molecule has 0 aromatic carbocycles. The van der Waals surface area contributed by atoms with Gasteiger partial charge in [0.05, 0.1) is 0 Å². The minimum atomic E-state index is -0.0158. The van der Waals surface area contributed by atoms with Crippen molar-refractivity contribution < 1.29 is 13.9 Å². The van der Waals surface area contributed by atoms with E-state index in [9.17, 15) is 4.79 Å². The van der Waals surface area contributed by atoms with E-state index >= 15 is 0 Å². The number of hydrogen-bond acceptors (Lipinski definition) is 4. The van der Waals surface area contributed by atoms with Gasteiger partial charge in [-0.1, -0.05) is 6.92 Å². The summed E-state index contributed by atoms with van der Waals surface area (Å²) in [5.74, 6) is 1.08. The number of carbonyl (C=O) groups is 1. The molecule has 1 aliphatic rings. The molecular formula is C14H22N2O3. The number of nitrogens with one attached hydrogen (secondary N) is 1. The quantitative estimate of drug-likeness (QED) is 0.850. The Morgan fingerprint density at radius 1 is 1.58 bits per heavy atom. The van der Waals surface area contributed by atoms with Crippen molar-refractivity contribution in [3.8, 4) is 0 Å². The molecule has 1 aromatic rings. The fourth-order valence-electron chi connectivity index (χ4n) is 2.45. The van der Waals surface area contributed by atoms with Crippen LogP contribution < -0.4 is 5.32 Å². The van der Waals surface area contributed by atoms with Crippen molar-refractivity contribution in [2.45, 2.75) is 32.4 Å². The van der Waals surface area contributed by atoms with Gasteiger partial charge in [-0.05, 0) is 31.5 Å². The summed E-state index contributed by atoms with van der Waals surface area (Å²) in [6, 6.07) is 3.82. The third-order valence-electron chi connectivity index (χ3n) is 3.36. The maximum atomic E-state index is 12.5. The second kappa shape index (κ2) is 6.73. The summed E-state index contributed by atoms with van der Waals surface area (Å²) in [6.45, 7) is 5.10. The average Bonchev–Trinajstić information content (AvgIpc) is 3.06. The lowest BCUT2D eigenvalue weighted by atomic mass is 10.2. The minimum absolute atomic E-state index is 0.0158. The van der Waals surface area contributed by atoms with Crippen LogP contribution in [0.2, 0.25) is 0 Å². The largest absolute Gasteiger partial charge is 0.453 e. The molecule has 1 saturated heterocycles. The van der Waals surface area contributed by atoms with Gasteiger partial charge >= 0.3 is 0 Å². The Hall–Kier alpha value is -1.33. The van der Waals surface area contributed by atoms with Crippen LogP contribution in [0, 0.1) is 0 Å². The van der Waals surface area contributed by atoms with Gasteiger partial charge in [0, 0.05) is 26.2 Å². The van der Waals surface area contributed by atoms with E-state index in [4.69, 9.17) is 9.15 Å². The van der Waals surface area contributed by atoms with E-state index in [1.807, 2.05) is 4.90 Å². The summed E-state index contributed by atoms with van der Waals surface area (Å²) >= 11 is 0. The van der Waals surface area contributed by atoms with Gasteiger partial charge in [0.15, 0.2) is 5.76 Å². The Bertz CT molecular complexity index is 411. The molecule has 1 aromatic heterocycles. The van der Waals surface area contributed by atoms with Gasteiger partial charge in [-0.25, -0.2) is 0 Å². The molecule has 19 heavy (non-hydrogen) atoms. The molecule has 1 unspecified atom stereocenters. The molecule has 0 radical (unpaired) electrons. The highest BCUT2D eigenvalue weighted by Gasteiger charge is 2.28. The van der Waals surface area contributed by atoms with Gasteiger partial charge in [-0.2, -0.15) is 0 Å². The molecule has 5 heteroatoms. The van der Waals surface area contributed by atoms with Gasteiger partial charge in [0.1, 0.15) is 12.4 Å². The molecule has 0 bridgehead atoms. The van der Waals surface area contributed by atoms with Gasteiger partial charge in [0.2, 0.25) is 0 Å². The monoisotopic (exact) mass is 266 g/mol. The maximum absolute atomic E-state index is 12.5. The number of methoxy groups -OCH3 is 1. The Kier molecular flexibility index (Phi) is 4.99. The Morgan fingerprint density at radius 3 is 3.05 bits per heavy atom. The standard InChI is InChI=1S/C14H22N2O3/c1-3-8-16(11-6-7-15-9-11)14(17)13-5-4-12(19-13)10-18-2/h4-5,11,15H,3,6-10H2,1-2H3. The lowest BCUT2D eigenvalue weighted by Gasteiger charge is -2.27. The number of amides is 1. The summed E-state index contributed by atoms with van der Waals surface area (Å²) in [5.41, 5.74) is 0. The van der Waals surface area contributed by atoms with Crippen molar-refractivity contribution in [3.05, 3.63) is 23.7 Å². The molecule has 1 N–H and O–H groups in total. The number of nitrogens with zero attached hydrogens (tertiary/aromatic N) is 1. The molecule has 1 atom stereocenters. The smallest absolute Gasteiger partial charge is 0.289 e. The van der Waals surface area contributed by atoms with Crippen LogP contribution in [-0.4, -0.2) is 43.6 Å². The van der Waals surface area contributed by atoms with Gasteiger partial charge < -0.3 is 19.4 Å². The Labute approximate surface area is 113 Å². The first kappa shape index (κ1) is 14.1. The van der Waals surface area contributed by atoms with Crippen LogP contribution in [0.15, 0.2) is 16.5 Å². The fraction of sp³-hybridized carbons (Fsp3) is 0.643. The van der Waals surface area contributed by atoms with Crippen LogP contribution in [0.1, 0.15) is 36.1 Å². The van der Waals surface area contributed by atoms with Crippen LogP contribution in [0.4, 0.5) is 0 Å². The summed E-state index contributed by atoms with van der Waals surface area (Å²) in [4.78, 5) is 14.4. The van der Waals surface area contributed by atoms with E-state index in [1.54, 1.807) is 19.2 Å². The molecule has 2 heterocycles. The zero-order valence-electron chi connectivity index (χ0n) is 11.6. The van der Waals surface area contributed by atoms with Crippen molar-refractivity contribution in [1.82, 2.24) is 10.2 Å². The van der Waals surface area contributed by atoms with E-state index in [-0.39, 0.29) is 11.9 Å². The highest BCUT2D eigenvalue weighted by Crippen LogP contribution is 2.16. The number of ether oxygens (including phenoxy) is 1. The molecular weight excluding hydrogens is 244 g/mol. The van der Waals surface area contributed by atoms with Crippen molar-refractivity contribution in [2.75, 3.05) is 26.7 Å². The SMILES string of the molecule is CCCN(C(=O)c1ccc(COC)o1)C1CCNC1. The first-order valence-corrected chi connectivity index (χ1v) is 6.85. The highest BCUT2D eigenvalue weighted by molar-refractivity contribution is 5.91. The van der Waals surface area contributed by atoms with Gasteiger partial charge in [-0.3, -0.25) is 4.79 Å². The Morgan fingerprint density at radius 2 is 2.42 bits per heavy atom. The zero-order valence-corrected chi connectivity index (χ0v) is 11.6. The number of furan rings is 1. The van der Waals surface area contributed by atoms with E-state index in [0.29, 0.717) is 18.1 Å². The summed E-state index contributed by atoms with van der Waals surface area (Å²) in [6.07, 6.45) is 1.96. The lowest BCUT2D eigenvalue weighted by molar-refractivity contribution is 0.0652. The predicted octanol–water partition coefficient (Wildman–Crippen LogP) is 1.64. The molecule has 1 amide bonds. The van der Waals surface area contributed by atoms with Crippen LogP contribution in [-0.2, 0) is 11.3 Å². The van der Waals surface area contributed by atoms with E-state index in [2.05, 4.69) is 12.2 Å². The molecule has 0 spiro atoms. The number of rotatable bonds is 6. The van der Waals surface area contributed by atoms with Crippen molar-refractivity contribution in [2.24, 2.45) is 0 Å². The molecule has 0 aliphatic carbocycles. The average molecular weight is 266 g/mol. The Balaban J connectivity index is 2.08. The minimum Gasteiger partial charge on any atom is -0.453 e. The van der Waals surface area contributed by atoms with Gasteiger partial charge in [-0.15, -0.1) is 0 Å². The van der Waals surface area contributed by atoms with Gasteiger partial charge in [0.25, 0.3) is 5.91 Å². The van der Waals surface area contributed by atoms with Crippen molar-refractivity contribution in [3.63, 3.8) is 0 Å². The van der Waals surface area contributed by atoms with E-state index in [0.717, 1.165) is 32.5 Å². The molecule has 1 aliphatic heterocycles. The van der Waals surface area contributed by atoms with E-state index in [1.165, 1.54) is 0 Å².